The molecule has 5 aromatic rings. The van der Waals surface area contributed by atoms with Crippen molar-refractivity contribution in [1.82, 2.24) is 30.4 Å². The maximum Gasteiger partial charge on any atom is 0.678 e. The van der Waals surface area contributed by atoms with E-state index in [1.54, 1.807) is 54.6 Å². The highest BCUT2D eigenvalue weighted by Crippen LogP contribution is 2.29. The molecule has 0 saturated carbocycles. The first-order valence-corrected chi connectivity index (χ1v) is 21.8. The molecular weight excluding hydrogens is 815 g/mol. The molecule has 2 amide bonds. The molecule has 2 aromatic carbocycles. The number of fused-ring (bicyclic) bond motifs is 1. The fraction of sp³-hybridized carbons (Fsp3) is 0.333. The molecule has 6 rings (SSSR count). The van der Waals surface area contributed by atoms with Gasteiger partial charge >= 0.3 is 13.1 Å². The van der Waals surface area contributed by atoms with E-state index in [0.29, 0.717) is 71.4 Å². The van der Waals surface area contributed by atoms with Gasteiger partial charge in [0.15, 0.2) is 6.61 Å². The summed E-state index contributed by atoms with van der Waals surface area (Å²) in [5.74, 6) is 0.896. The highest BCUT2D eigenvalue weighted by Gasteiger charge is 2.24. The number of allylic oxidation sites excluding steroid dienone is 3. The number of hydrogen-bond donors (Lipinski definition) is 6. The number of para-hydroxylation sites is 1. The topological polar surface area (TPSA) is 175 Å². The molecular formula is C45H52BF2N7O6S. The lowest BCUT2D eigenvalue weighted by Gasteiger charge is -2.13. The van der Waals surface area contributed by atoms with Crippen LogP contribution in [0.4, 0.5) is 8.63 Å². The molecule has 0 fully saturated rings. The van der Waals surface area contributed by atoms with E-state index in [0.717, 1.165) is 66.4 Å². The SMILES string of the molecule is O=C(CCCCCNC(=O)COc1ccc(/C=C/C2=NC(=C\c3ccc(-c4cccs4)n3B(F)F)/C=C2)cc1)NCCCCCCNC[C@H](O)COc1cccc2[nH]c(=O)[nH]c12. The van der Waals surface area contributed by atoms with Crippen molar-refractivity contribution in [2.75, 3.05) is 39.4 Å². The fourth-order valence-electron chi connectivity index (χ4n) is 6.73. The number of unbranched alkanes of at least 4 members (excludes halogenated alkanes) is 5. The Hall–Kier alpha value is -6.04. The molecule has 0 spiro atoms. The summed E-state index contributed by atoms with van der Waals surface area (Å²) < 4.78 is 40.2. The molecule has 13 nitrogen and oxygen atoms in total. The minimum atomic E-state index is -2.68. The number of ether oxygens (including phenoxy) is 2. The van der Waals surface area contributed by atoms with Gasteiger partial charge < -0.3 is 45.0 Å². The van der Waals surface area contributed by atoms with Crippen LogP contribution in [0.15, 0.2) is 106 Å². The van der Waals surface area contributed by atoms with Crippen LogP contribution in [0.25, 0.3) is 33.8 Å². The van der Waals surface area contributed by atoms with Crippen LogP contribution in [-0.4, -0.2) is 90.0 Å². The van der Waals surface area contributed by atoms with Gasteiger partial charge in [-0.1, -0.05) is 49.6 Å². The standard InChI is InChI=1S/C45H52BF2N7O6S/c47-46(48)55-35(20-23-39(55)41-12-9-27-62-41)28-34-19-18-33(52-34)17-14-32-15-21-37(22-16-32)60-31-43(58)51-26-7-3-4-13-42(57)50-25-6-2-1-5-24-49-29-36(56)30-61-40-11-8-10-38-44(40)54-45(59)53-38/h8-12,14-23,27-28,36,49,56H,1-7,13,24-26,29-31H2,(H,50,57)(H,51,58)(H2,53,54,59)/b17-14+,34-28-/t36-/m0/s1. The number of carbonyl (C=O) groups excluding carboxylic acids is 2. The molecule has 0 aliphatic carbocycles. The van der Waals surface area contributed by atoms with Crippen LogP contribution in [0.3, 0.4) is 0 Å². The summed E-state index contributed by atoms with van der Waals surface area (Å²) in [6.07, 6.45) is 15.0. The van der Waals surface area contributed by atoms with Crippen LogP contribution in [0.5, 0.6) is 11.5 Å². The third kappa shape index (κ3) is 14.3. The summed E-state index contributed by atoms with van der Waals surface area (Å²) in [7, 11) is -2.68. The van der Waals surface area contributed by atoms with E-state index >= 15 is 0 Å². The second-order valence-electron chi connectivity index (χ2n) is 14.8. The molecule has 1 aliphatic rings. The molecule has 0 unspecified atom stereocenters. The maximum absolute atomic E-state index is 13.9. The van der Waals surface area contributed by atoms with E-state index in [1.807, 2.05) is 47.9 Å². The van der Waals surface area contributed by atoms with Crippen molar-refractivity contribution in [3.05, 3.63) is 118 Å². The Balaban J connectivity index is 0.745. The number of carbonyl (C=O) groups is 2. The summed E-state index contributed by atoms with van der Waals surface area (Å²) in [6.45, 7) is 2.33. The van der Waals surface area contributed by atoms with E-state index < -0.39 is 13.5 Å². The van der Waals surface area contributed by atoms with E-state index in [1.165, 1.54) is 11.3 Å². The lowest BCUT2D eigenvalue weighted by Crippen LogP contribution is -2.32. The molecule has 0 radical (unpaired) electrons. The van der Waals surface area contributed by atoms with Gasteiger partial charge in [0, 0.05) is 36.6 Å². The number of benzene rings is 2. The second-order valence-corrected chi connectivity index (χ2v) is 15.7. The third-order valence-electron chi connectivity index (χ3n) is 9.92. The first kappa shape index (κ1) is 45.5. The number of nitrogens with zero attached hydrogens (tertiary/aromatic N) is 2. The minimum Gasteiger partial charge on any atom is -0.489 e. The van der Waals surface area contributed by atoms with Crippen molar-refractivity contribution in [2.24, 2.45) is 4.99 Å². The van der Waals surface area contributed by atoms with Gasteiger partial charge in [0.2, 0.25) is 5.91 Å². The van der Waals surface area contributed by atoms with Crippen LogP contribution in [-0.2, 0) is 9.59 Å². The van der Waals surface area contributed by atoms with Crippen LogP contribution < -0.4 is 31.1 Å². The molecule has 326 valence electrons. The molecule has 0 bridgehead atoms. The molecule has 6 N–H and O–H groups in total. The molecule has 4 heterocycles. The Morgan fingerprint density at radius 3 is 2.40 bits per heavy atom. The number of halogens is 2. The number of aliphatic hydroxyl groups excluding tert-OH is 1. The van der Waals surface area contributed by atoms with Crippen molar-refractivity contribution in [3.8, 4) is 22.1 Å². The number of amides is 2. The van der Waals surface area contributed by atoms with Gasteiger partial charge in [-0.3, -0.25) is 18.2 Å². The number of H-pyrrole nitrogens is 2. The number of aliphatic imine (C=N–C) groups is 1. The number of imidazole rings is 1. The van der Waals surface area contributed by atoms with Crippen molar-refractivity contribution in [2.45, 2.75) is 57.5 Å². The van der Waals surface area contributed by atoms with Crippen molar-refractivity contribution >= 4 is 59.5 Å². The maximum atomic E-state index is 13.9. The molecule has 1 aliphatic heterocycles. The smallest absolute Gasteiger partial charge is 0.489 e. The highest BCUT2D eigenvalue weighted by molar-refractivity contribution is 7.13. The summed E-state index contributed by atoms with van der Waals surface area (Å²) in [6, 6.07) is 19.6. The van der Waals surface area contributed by atoms with E-state index in [-0.39, 0.29) is 30.7 Å². The van der Waals surface area contributed by atoms with Gasteiger partial charge in [0.1, 0.15) is 29.7 Å². The molecule has 62 heavy (non-hydrogen) atoms. The summed E-state index contributed by atoms with van der Waals surface area (Å²) in [5, 5.41) is 21.2. The number of aromatic nitrogens is 3. The van der Waals surface area contributed by atoms with Crippen LogP contribution in [0.1, 0.15) is 62.6 Å². The largest absolute Gasteiger partial charge is 0.678 e. The van der Waals surface area contributed by atoms with E-state index in [9.17, 15) is 28.1 Å². The fourth-order valence-corrected chi connectivity index (χ4v) is 7.47. The van der Waals surface area contributed by atoms with Gasteiger partial charge in [-0.25, -0.2) is 9.79 Å². The summed E-state index contributed by atoms with van der Waals surface area (Å²) in [5.41, 5.74) is 3.95. The third-order valence-corrected chi connectivity index (χ3v) is 10.8. The number of hydrogen-bond acceptors (Lipinski definition) is 9. The van der Waals surface area contributed by atoms with Crippen LogP contribution >= 0.6 is 11.3 Å². The predicted octanol–water partition coefficient (Wildman–Crippen LogP) is 6.98. The van der Waals surface area contributed by atoms with Crippen molar-refractivity contribution in [3.63, 3.8) is 0 Å². The zero-order chi connectivity index (χ0) is 43.5. The highest BCUT2D eigenvalue weighted by atomic mass is 32.1. The number of thiophene rings is 1. The van der Waals surface area contributed by atoms with Crippen molar-refractivity contribution in [1.29, 1.82) is 0 Å². The average Bonchev–Trinajstić information content (AvgIpc) is 4.10. The first-order valence-electron chi connectivity index (χ1n) is 20.9. The van der Waals surface area contributed by atoms with E-state index in [2.05, 4.69) is 30.9 Å². The number of rotatable bonds is 26. The van der Waals surface area contributed by atoms with Gasteiger partial charge in [-0.05, 0) is 110 Å². The monoisotopic (exact) mass is 867 g/mol. The van der Waals surface area contributed by atoms with Gasteiger partial charge in [0.05, 0.1) is 22.6 Å². The molecule has 0 saturated heterocycles. The normalized spacial score (nSPS) is 13.5. The van der Waals surface area contributed by atoms with Gasteiger partial charge in [-0.2, -0.15) is 0 Å². The molecule has 17 heteroatoms. The quantitative estimate of drug-likeness (QED) is 0.0257. The minimum absolute atomic E-state index is 0.0384. The zero-order valence-electron chi connectivity index (χ0n) is 34.4. The summed E-state index contributed by atoms with van der Waals surface area (Å²) >= 11 is 1.41. The lowest BCUT2D eigenvalue weighted by atomic mass is 10.1. The zero-order valence-corrected chi connectivity index (χ0v) is 35.2. The number of nitrogens with one attached hydrogen (secondary N) is 5. The van der Waals surface area contributed by atoms with Gasteiger partial charge in [0.25, 0.3) is 5.91 Å². The second kappa shape index (κ2) is 23.8. The summed E-state index contributed by atoms with van der Waals surface area (Å²) in [4.78, 5) is 46.7. The number of aliphatic hydroxyl groups is 1. The number of aromatic amines is 2. The van der Waals surface area contributed by atoms with Crippen LogP contribution in [0, 0.1) is 0 Å². The predicted molar refractivity (Wildman–Crippen MR) is 243 cm³/mol. The first-order chi connectivity index (χ1) is 30.2. The molecule has 3 aromatic heterocycles. The Labute approximate surface area is 363 Å². The van der Waals surface area contributed by atoms with E-state index in [4.69, 9.17) is 9.47 Å². The van der Waals surface area contributed by atoms with Gasteiger partial charge in [-0.15, -0.1) is 11.3 Å². The van der Waals surface area contributed by atoms with Crippen LogP contribution in [0.2, 0.25) is 0 Å². The Morgan fingerprint density at radius 2 is 1.63 bits per heavy atom. The lowest BCUT2D eigenvalue weighted by molar-refractivity contribution is -0.123. The molecule has 1 atom stereocenters. The Kier molecular flexibility index (Phi) is 17.5. The Bertz CT molecular complexity index is 2390. The Morgan fingerprint density at radius 1 is 0.855 bits per heavy atom. The average molecular weight is 868 g/mol. The van der Waals surface area contributed by atoms with Crippen molar-refractivity contribution < 1.29 is 32.8 Å².